The summed E-state index contributed by atoms with van der Waals surface area (Å²) in [5.41, 5.74) is 1.16. The molecule has 0 atom stereocenters. The van der Waals surface area contributed by atoms with Gasteiger partial charge in [0.25, 0.3) is 0 Å². The molecule has 2 aromatic rings. The van der Waals surface area contributed by atoms with Gasteiger partial charge in [-0.1, -0.05) is 23.7 Å². The fraction of sp³-hybridized carbons (Fsp3) is 0.0714. The lowest BCUT2D eigenvalue weighted by atomic mass is 10.2. The molecular formula is C14H9ClFNO. The maximum atomic E-state index is 13.5. The van der Waals surface area contributed by atoms with Crippen molar-refractivity contribution in [3.8, 4) is 11.8 Å². The molecule has 0 N–H and O–H groups in total. The fourth-order valence-corrected chi connectivity index (χ4v) is 1.56. The van der Waals surface area contributed by atoms with Crippen molar-refractivity contribution in [2.75, 3.05) is 0 Å². The molecule has 0 aliphatic rings. The molecule has 0 unspecified atom stereocenters. The Hall–Kier alpha value is -2.05. The molecule has 0 saturated carbocycles. The number of rotatable bonds is 3. The number of ether oxygens (including phenoxy) is 1. The van der Waals surface area contributed by atoms with Crippen LogP contribution in [0.1, 0.15) is 11.1 Å². The molecule has 0 aliphatic carbocycles. The number of benzene rings is 2. The summed E-state index contributed by atoms with van der Waals surface area (Å²) in [6.45, 7) is 0.250. The summed E-state index contributed by atoms with van der Waals surface area (Å²) in [7, 11) is 0. The van der Waals surface area contributed by atoms with Crippen molar-refractivity contribution < 1.29 is 9.13 Å². The van der Waals surface area contributed by atoms with E-state index in [0.29, 0.717) is 5.02 Å². The first-order valence-corrected chi connectivity index (χ1v) is 5.64. The standard InChI is InChI=1S/C14H9ClFNO/c15-12-4-1-10(2-5-12)9-18-14-6-3-11(8-17)7-13(14)16/h1-7H,9H2. The van der Waals surface area contributed by atoms with Crippen LogP contribution in [0, 0.1) is 17.1 Å². The Morgan fingerprint density at radius 2 is 1.89 bits per heavy atom. The van der Waals surface area contributed by atoms with Crippen molar-refractivity contribution in [2.24, 2.45) is 0 Å². The van der Waals surface area contributed by atoms with E-state index in [1.165, 1.54) is 12.1 Å². The van der Waals surface area contributed by atoms with Crippen LogP contribution < -0.4 is 4.74 Å². The first-order chi connectivity index (χ1) is 8.69. The van der Waals surface area contributed by atoms with E-state index in [-0.39, 0.29) is 17.9 Å². The van der Waals surface area contributed by atoms with Crippen LogP contribution in [0.4, 0.5) is 4.39 Å². The van der Waals surface area contributed by atoms with E-state index in [0.717, 1.165) is 11.6 Å². The fourth-order valence-electron chi connectivity index (χ4n) is 1.43. The molecule has 0 aliphatic heterocycles. The van der Waals surface area contributed by atoms with Crippen LogP contribution in [0.5, 0.6) is 5.75 Å². The molecule has 0 bridgehead atoms. The molecule has 0 radical (unpaired) electrons. The Morgan fingerprint density at radius 1 is 1.17 bits per heavy atom. The summed E-state index contributed by atoms with van der Waals surface area (Å²) in [6.07, 6.45) is 0. The van der Waals surface area contributed by atoms with Crippen LogP contribution in [0.15, 0.2) is 42.5 Å². The third-order valence-electron chi connectivity index (χ3n) is 2.37. The maximum Gasteiger partial charge on any atom is 0.166 e. The normalized spacial score (nSPS) is 9.83. The summed E-state index contributed by atoms with van der Waals surface area (Å²) >= 11 is 5.76. The van der Waals surface area contributed by atoms with Gasteiger partial charge in [0.05, 0.1) is 11.6 Å². The molecule has 0 aromatic heterocycles. The molecule has 2 nitrogen and oxygen atoms in total. The molecule has 0 saturated heterocycles. The van der Waals surface area contributed by atoms with E-state index >= 15 is 0 Å². The summed E-state index contributed by atoms with van der Waals surface area (Å²) < 4.78 is 18.8. The summed E-state index contributed by atoms with van der Waals surface area (Å²) in [5, 5.41) is 9.26. The van der Waals surface area contributed by atoms with Crippen LogP contribution >= 0.6 is 11.6 Å². The lowest BCUT2D eigenvalue weighted by Gasteiger charge is -2.07. The highest BCUT2D eigenvalue weighted by molar-refractivity contribution is 6.30. The van der Waals surface area contributed by atoms with Crippen molar-refractivity contribution in [3.05, 3.63) is 64.4 Å². The van der Waals surface area contributed by atoms with Gasteiger partial charge in [-0.2, -0.15) is 5.26 Å². The van der Waals surface area contributed by atoms with Crippen LogP contribution in [0.3, 0.4) is 0 Å². The largest absolute Gasteiger partial charge is 0.486 e. The van der Waals surface area contributed by atoms with Gasteiger partial charge in [-0.05, 0) is 35.9 Å². The minimum Gasteiger partial charge on any atom is -0.486 e. The third-order valence-corrected chi connectivity index (χ3v) is 2.62. The second kappa shape index (κ2) is 5.52. The van der Waals surface area contributed by atoms with E-state index in [4.69, 9.17) is 21.6 Å². The highest BCUT2D eigenvalue weighted by atomic mass is 35.5. The van der Waals surface area contributed by atoms with Crippen molar-refractivity contribution in [1.29, 1.82) is 5.26 Å². The number of nitriles is 1. The predicted molar refractivity (Wildman–Crippen MR) is 66.9 cm³/mol. The summed E-state index contributed by atoms with van der Waals surface area (Å²) in [6, 6.07) is 13.1. The van der Waals surface area contributed by atoms with E-state index in [9.17, 15) is 4.39 Å². The van der Waals surface area contributed by atoms with Crippen LogP contribution in [0.2, 0.25) is 5.02 Å². The second-order valence-corrected chi connectivity index (χ2v) is 4.11. The van der Waals surface area contributed by atoms with Gasteiger partial charge in [-0.15, -0.1) is 0 Å². The topological polar surface area (TPSA) is 33.0 Å². The average Bonchev–Trinajstić information content (AvgIpc) is 2.39. The predicted octanol–water partition coefficient (Wildman–Crippen LogP) is 3.93. The average molecular weight is 262 g/mol. The molecule has 4 heteroatoms. The van der Waals surface area contributed by atoms with E-state index < -0.39 is 5.82 Å². The molecule has 90 valence electrons. The Morgan fingerprint density at radius 3 is 2.50 bits per heavy atom. The Kier molecular flexibility index (Phi) is 3.81. The molecular weight excluding hydrogens is 253 g/mol. The monoisotopic (exact) mass is 261 g/mol. The van der Waals surface area contributed by atoms with Crippen LogP contribution in [-0.4, -0.2) is 0 Å². The van der Waals surface area contributed by atoms with E-state index in [1.807, 2.05) is 18.2 Å². The first kappa shape index (κ1) is 12.4. The molecule has 2 aromatic carbocycles. The van der Waals surface area contributed by atoms with Gasteiger partial charge in [0.2, 0.25) is 0 Å². The summed E-state index contributed by atoms with van der Waals surface area (Å²) in [4.78, 5) is 0. The highest BCUT2D eigenvalue weighted by Gasteiger charge is 2.04. The highest BCUT2D eigenvalue weighted by Crippen LogP contribution is 2.19. The van der Waals surface area contributed by atoms with Gasteiger partial charge in [-0.3, -0.25) is 0 Å². The molecule has 2 rings (SSSR count). The van der Waals surface area contributed by atoms with Gasteiger partial charge in [0.15, 0.2) is 11.6 Å². The molecule has 0 spiro atoms. The Bertz CT molecular complexity index is 590. The van der Waals surface area contributed by atoms with E-state index in [1.54, 1.807) is 12.1 Å². The van der Waals surface area contributed by atoms with Crippen molar-refractivity contribution in [3.63, 3.8) is 0 Å². The second-order valence-electron chi connectivity index (χ2n) is 3.67. The van der Waals surface area contributed by atoms with E-state index in [2.05, 4.69) is 0 Å². The minimum absolute atomic E-state index is 0.129. The van der Waals surface area contributed by atoms with Crippen LogP contribution in [0.25, 0.3) is 0 Å². The molecule has 0 heterocycles. The zero-order valence-electron chi connectivity index (χ0n) is 9.36. The summed E-state index contributed by atoms with van der Waals surface area (Å²) in [5.74, 6) is -0.410. The van der Waals surface area contributed by atoms with Crippen LogP contribution in [-0.2, 0) is 6.61 Å². The number of hydrogen-bond donors (Lipinski definition) is 0. The molecule has 0 fully saturated rings. The first-order valence-electron chi connectivity index (χ1n) is 5.26. The SMILES string of the molecule is N#Cc1ccc(OCc2ccc(Cl)cc2)c(F)c1. The van der Waals surface area contributed by atoms with Gasteiger partial charge >= 0.3 is 0 Å². The zero-order chi connectivity index (χ0) is 13.0. The van der Waals surface area contributed by atoms with Gasteiger partial charge < -0.3 is 4.74 Å². The molecule has 18 heavy (non-hydrogen) atoms. The van der Waals surface area contributed by atoms with Crippen molar-refractivity contribution in [2.45, 2.75) is 6.61 Å². The Labute approximate surface area is 109 Å². The number of hydrogen-bond acceptors (Lipinski definition) is 2. The van der Waals surface area contributed by atoms with Gasteiger partial charge in [-0.25, -0.2) is 4.39 Å². The number of halogens is 2. The quantitative estimate of drug-likeness (QED) is 0.839. The minimum atomic E-state index is -0.539. The smallest absolute Gasteiger partial charge is 0.166 e. The molecule has 0 amide bonds. The maximum absolute atomic E-state index is 13.5. The van der Waals surface area contributed by atoms with Crippen molar-refractivity contribution >= 4 is 11.6 Å². The lowest BCUT2D eigenvalue weighted by Crippen LogP contribution is -1.97. The lowest BCUT2D eigenvalue weighted by molar-refractivity contribution is 0.290. The third kappa shape index (κ3) is 2.99. The van der Waals surface area contributed by atoms with Crippen molar-refractivity contribution in [1.82, 2.24) is 0 Å². The number of nitrogens with zero attached hydrogens (tertiary/aromatic N) is 1. The Balaban J connectivity index is 2.06. The van der Waals surface area contributed by atoms with Gasteiger partial charge in [0, 0.05) is 5.02 Å². The van der Waals surface area contributed by atoms with Gasteiger partial charge in [0.1, 0.15) is 6.61 Å². The zero-order valence-corrected chi connectivity index (χ0v) is 10.1.